The van der Waals surface area contributed by atoms with Crippen molar-refractivity contribution in [1.82, 2.24) is 5.32 Å². The molecule has 0 bridgehead atoms. The Bertz CT molecular complexity index is 634. The number of amides is 1. The number of hydrogen-bond acceptors (Lipinski definition) is 4. The van der Waals surface area contributed by atoms with E-state index in [1.54, 1.807) is 7.11 Å². The number of rotatable bonds is 8. The number of thioether (sulfide) groups is 1. The van der Waals surface area contributed by atoms with Gasteiger partial charge in [-0.05, 0) is 36.4 Å². The lowest BCUT2D eigenvalue weighted by molar-refractivity contribution is -0.118. The molecule has 2 aromatic rings. The predicted molar refractivity (Wildman–Crippen MR) is 96.4 cm³/mol. The molecule has 1 amide bonds. The zero-order chi connectivity index (χ0) is 16.5. The first kappa shape index (κ1) is 17.7. The van der Waals surface area contributed by atoms with Crippen LogP contribution in [0.2, 0.25) is 0 Å². The highest BCUT2D eigenvalue weighted by atomic mass is 79.9. The van der Waals surface area contributed by atoms with Gasteiger partial charge in [-0.15, -0.1) is 11.8 Å². The molecular weight excluding hydrogens is 378 g/mol. The maximum atomic E-state index is 11.8. The first-order valence-electron chi connectivity index (χ1n) is 7.10. The van der Waals surface area contributed by atoms with Crippen molar-refractivity contribution < 1.29 is 14.3 Å². The second kappa shape index (κ2) is 9.47. The molecule has 6 heteroatoms. The molecule has 0 spiro atoms. The SMILES string of the molecule is COc1ccccc1OCCNC(=O)CSc1ccc(Br)cc1. The number of halogens is 1. The summed E-state index contributed by atoms with van der Waals surface area (Å²) >= 11 is 4.89. The number of para-hydroxylation sites is 2. The topological polar surface area (TPSA) is 47.6 Å². The molecule has 23 heavy (non-hydrogen) atoms. The van der Waals surface area contributed by atoms with E-state index in [0.29, 0.717) is 30.4 Å². The van der Waals surface area contributed by atoms with Crippen LogP contribution in [0.5, 0.6) is 11.5 Å². The fourth-order valence-corrected chi connectivity index (χ4v) is 2.81. The Kier molecular flexibility index (Phi) is 7.29. The van der Waals surface area contributed by atoms with Gasteiger partial charge in [0.2, 0.25) is 5.91 Å². The summed E-state index contributed by atoms with van der Waals surface area (Å²) in [5, 5.41) is 2.84. The molecule has 2 aromatic carbocycles. The van der Waals surface area contributed by atoms with Gasteiger partial charge in [0.25, 0.3) is 0 Å². The summed E-state index contributed by atoms with van der Waals surface area (Å²) in [7, 11) is 1.60. The molecule has 1 N–H and O–H groups in total. The lowest BCUT2D eigenvalue weighted by Gasteiger charge is -2.10. The maximum Gasteiger partial charge on any atom is 0.230 e. The van der Waals surface area contributed by atoms with Crippen LogP contribution >= 0.6 is 27.7 Å². The molecule has 0 aromatic heterocycles. The van der Waals surface area contributed by atoms with Crippen LogP contribution in [0.4, 0.5) is 0 Å². The molecule has 0 heterocycles. The summed E-state index contributed by atoms with van der Waals surface area (Å²) in [6.07, 6.45) is 0. The number of nitrogens with one attached hydrogen (secondary N) is 1. The number of carbonyl (C=O) groups excluding carboxylic acids is 1. The Balaban J connectivity index is 1.66. The van der Waals surface area contributed by atoms with E-state index in [0.717, 1.165) is 9.37 Å². The minimum atomic E-state index is -0.0125. The summed E-state index contributed by atoms with van der Waals surface area (Å²) < 4.78 is 11.8. The van der Waals surface area contributed by atoms with E-state index in [-0.39, 0.29) is 5.91 Å². The molecule has 2 rings (SSSR count). The normalized spacial score (nSPS) is 10.2. The van der Waals surface area contributed by atoms with E-state index >= 15 is 0 Å². The first-order valence-corrected chi connectivity index (χ1v) is 8.88. The summed E-state index contributed by atoms with van der Waals surface area (Å²) in [4.78, 5) is 12.9. The van der Waals surface area contributed by atoms with E-state index in [4.69, 9.17) is 9.47 Å². The van der Waals surface area contributed by atoms with E-state index in [9.17, 15) is 4.79 Å². The standard InChI is InChI=1S/C17H18BrNO3S/c1-21-15-4-2-3-5-16(15)22-11-10-19-17(20)12-23-14-8-6-13(18)7-9-14/h2-9H,10-12H2,1H3,(H,19,20). The molecule has 0 saturated carbocycles. The van der Waals surface area contributed by atoms with Crippen LogP contribution in [-0.4, -0.2) is 31.9 Å². The molecule has 0 aliphatic heterocycles. The molecule has 0 aliphatic carbocycles. The number of ether oxygens (including phenoxy) is 2. The van der Waals surface area contributed by atoms with E-state index in [1.807, 2.05) is 48.5 Å². The summed E-state index contributed by atoms with van der Waals surface area (Å²) in [6.45, 7) is 0.854. The zero-order valence-electron chi connectivity index (χ0n) is 12.8. The molecule has 0 saturated heterocycles. The van der Waals surface area contributed by atoms with Gasteiger partial charge in [-0.2, -0.15) is 0 Å². The number of benzene rings is 2. The number of hydrogen-bond donors (Lipinski definition) is 1. The third-order valence-electron chi connectivity index (χ3n) is 2.93. The fraction of sp³-hybridized carbons (Fsp3) is 0.235. The second-order valence-electron chi connectivity index (χ2n) is 4.59. The lowest BCUT2D eigenvalue weighted by atomic mass is 10.3. The molecular formula is C17H18BrNO3S. The lowest BCUT2D eigenvalue weighted by Crippen LogP contribution is -2.29. The van der Waals surface area contributed by atoms with Gasteiger partial charge in [-0.3, -0.25) is 4.79 Å². The highest BCUT2D eigenvalue weighted by Gasteiger charge is 2.04. The van der Waals surface area contributed by atoms with E-state index in [1.165, 1.54) is 11.8 Å². The van der Waals surface area contributed by atoms with Crippen LogP contribution in [0, 0.1) is 0 Å². The van der Waals surface area contributed by atoms with Gasteiger partial charge in [0, 0.05) is 9.37 Å². The monoisotopic (exact) mass is 395 g/mol. The van der Waals surface area contributed by atoms with Gasteiger partial charge in [-0.25, -0.2) is 0 Å². The van der Waals surface area contributed by atoms with Crippen molar-refractivity contribution in [2.24, 2.45) is 0 Å². The van der Waals surface area contributed by atoms with Crippen molar-refractivity contribution in [3.8, 4) is 11.5 Å². The maximum absolute atomic E-state index is 11.8. The van der Waals surface area contributed by atoms with Crippen molar-refractivity contribution in [3.05, 3.63) is 53.0 Å². The highest BCUT2D eigenvalue weighted by molar-refractivity contribution is 9.10. The molecule has 0 atom stereocenters. The Morgan fingerprint density at radius 2 is 1.83 bits per heavy atom. The van der Waals surface area contributed by atoms with Crippen LogP contribution < -0.4 is 14.8 Å². The second-order valence-corrected chi connectivity index (χ2v) is 6.56. The van der Waals surface area contributed by atoms with Crippen LogP contribution in [0.25, 0.3) is 0 Å². The average Bonchev–Trinajstić information content (AvgIpc) is 2.58. The largest absolute Gasteiger partial charge is 0.493 e. The van der Waals surface area contributed by atoms with Gasteiger partial charge >= 0.3 is 0 Å². The third kappa shape index (κ3) is 6.15. The molecule has 122 valence electrons. The Morgan fingerprint density at radius 1 is 1.13 bits per heavy atom. The van der Waals surface area contributed by atoms with Crippen molar-refractivity contribution in [2.75, 3.05) is 26.0 Å². The van der Waals surface area contributed by atoms with Crippen LogP contribution in [0.1, 0.15) is 0 Å². The molecule has 0 fully saturated rings. The Labute approximate surface area is 148 Å². The molecule has 0 unspecified atom stereocenters. The highest BCUT2D eigenvalue weighted by Crippen LogP contribution is 2.25. The van der Waals surface area contributed by atoms with E-state index < -0.39 is 0 Å². The van der Waals surface area contributed by atoms with Crippen LogP contribution in [0.15, 0.2) is 57.9 Å². The minimum absolute atomic E-state index is 0.0125. The summed E-state index contributed by atoms with van der Waals surface area (Å²) in [5.74, 6) is 1.73. The predicted octanol–water partition coefficient (Wildman–Crippen LogP) is 3.75. The quantitative estimate of drug-likeness (QED) is 0.546. The van der Waals surface area contributed by atoms with Gasteiger partial charge < -0.3 is 14.8 Å². The van der Waals surface area contributed by atoms with Gasteiger partial charge in [0.05, 0.1) is 19.4 Å². The molecule has 0 radical (unpaired) electrons. The van der Waals surface area contributed by atoms with Crippen LogP contribution in [-0.2, 0) is 4.79 Å². The van der Waals surface area contributed by atoms with Crippen molar-refractivity contribution >= 4 is 33.6 Å². The molecule has 0 aliphatic rings. The average molecular weight is 396 g/mol. The Hall–Kier alpha value is -1.66. The fourth-order valence-electron chi connectivity index (χ4n) is 1.82. The van der Waals surface area contributed by atoms with Crippen molar-refractivity contribution in [2.45, 2.75) is 4.90 Å². The number of carbonyl (C=O) groups is 1. The van der Waals surface area contributed by atoms with Crippen molar-refractivity contribution in [1.29, 1.82) is 0 Å². The molecule has 4 nitrogen and oxygen atoms in total. The van der Waals surface area contributed by atoms with E-state index in [2.05, 4.69) is 21.2 Å². The summed E-state index contributed by atoms with van der Waals surface area (Å²) in [6, 6.07) is 15.3. The van der Waals surface area contributed by atoms with Gasteiger partial charge in [-0.1, -0.05) is 28.1 Å². The third-order valence-corrected chi connectivity index (χ3v) is 4.48. The van der Waals surface area contributed by atoms with Gasteiger partial charge in [0.15, 0.2) is 11.5 Å². The summed E-state index contributed by atoms with van der Waals surface area (Å²) in [5.41, 5.74) is 0. The van der Waals surface area contributed by atoms with Crippen molar-refractivity contribution in [3.63, 3.8) is 0 Å². The van der Waals surface area contributed by atoms with Crippen LogP contribution in [0.3, 0.4) is 0 Å². The van der Waals surface area contributed by atoms with Gasteiger partial charge in [0.1, 0.15) is 6.61 Å². The Morgan fingerprint density at radius 3 is 2.52 bits per heavy atom. The first-order chi connectivity index (χ1) is 11.2. The smallest absolute Gasteiger partial charge is 0.230 e. The number of methoxy groups -OCH3 is 1. The zero-order valence-corrected chi connectivity index (χ0v) is 15.2. The minimum Gasteiger partial charge on any atom is -0.493 e.